The highest BCUT2D eigenvalue weighted by molar-refractivity contribution is 8.01. The molecule has 2 unspecified atom stereocenters. The zero-order chi connectivity index (χ0) is 10.4. The van der Waals surface area contributed by atoms with E-state index in [2.05, 4.69) is 19.2 Å². The Kier molecular flexibility index (Phi) is 2.31. The van der Waals surface area contributed by atoms with Gasteiger partial charge in [0.05, 0.1) is 4.87 Å². The van der Waals surface area contributed by atoms with Gasteiger partial charge in [-0.25, -0.2) is 0 Å². The summed E-state index contributed by atoms with van der Waals surface area (Å²) in [6.07, 6.45) is 3.51. The monoisotopic (exact) mass is 215 g/mol. The molecule has 2 aliphatic rings. The van der Waals surface area contributed by atoms with E-state index in [4.69, 9.17) is 5.11 Å². The smallest absolute Gasteiger partial charge is 0.321 e. The van der Waals surface area contributed by atoms with E-state index < -0.39 is 5.97 Å². The fourth-order valence-corrected chi connectivity index (χ4v) is 4.26. The van der Waals surface area contributed by atoms with Crippen LogP contribution in [0.4, 0.5) is 0 Å². The van der Waals surface area contributed by atoms with E-state index in [1.165, 1.54) is 12.8 Å². The van der Waals surface area contributed by atoms with Crippen LogP contribution in [0.15, 0.2) is 0 Å². The maximum atomic E-state index is 10.9. The molecule has 2 fully saturated rings. The number of aliphatic carboxylic acids is 1. The van der Waals surface area contributed by atoms with Crippen molar-refractivity contribution in [3.8, 4) is 0 Å². The van der Waals surface area contributed by atoms with E-state index in [0.717, 1.165) is 6.42 Å². The second-order valence-electron chi connectivity index (χ2n) is 4.91. The lowest BCUT2D eigenvalue weighted by Gasteiger charge is -2.37. The fraction of sp³-hybridized carbons (Fsp3) is 0.900. The highest BCUT2D eigenvalue weighted by Gasteiger charge is 2.54. The first-order chi connectivity index (χ1) is 6.47. The van der Waals surface area contributed by atoms with Crippen molar-refractivity contribution < 1.29 is 9.90 Å². The third kappa shape index (κ3) is 1.36. The molecule has 0 aromatic carbocycles. The minimum atomic E-state index is -0.711. The molecule has 0 amide bonds. The maximum absolute atomic E-state index is 10.9. The minimum Gasteiger partial charge on any atom is -0.480 e. The highest BCUT2D eigenvalue weighted by atomic mass is 32.2. The normalized spacial score (nSPS) is 40.6. The molecule has 0 aromatic rings. The highest BCUT2D eigenvalue weighted by Crippen LogP contribution is 2.54. The zero-order valence-electron chi connectivity index (χ0n) is 8.67. The van der Waals surface area contributed by atoms with Crippen molar-refractivity contribution in [2.75, 3.05) is 5.75 Å². The molecule has 0 radical (unpaired) electrons. The van der Waals surface area contributed by atoms with Gasteiger partial charge in [-0.15, -0.1) is 11.8 Å². The topological polar surface area (TPSA) is 49.3 Å². The Morgan fingerprint density at radius 1 is 1.50 bits per heavy atom. The summed E-state index contributed by atoms with van der Waals surface area (Å²) in [5, 5.41) is 12.3. The number of rotatable bonds is 1. The van der Waals surface area contributed by atoms with Gasteiger partial charge in [-0.1, -0.05) is 20.3 Å². The van der Waals surface area contributed by atoms with E-state index in [1.807, 2.05) is 0 Å². The van der Waals surface area contributed by atoms with Gasteiger partial charge in [-0.2, -0.15) is 0 Å². The zero-order valence-corrected chi connectivity index (χ0v) is 9.49. The first-order valence-electron chi connectivity index (χ1n) is 5.11. The molecule has 0 aromatic heterocycles. The van der Waals surface area contributed by atoms with E-state index in [0.29, 0.717) is 5.75 Å². The average Bonchev–Trinajstić information content (AvgIpc) is 2.60. The number of hydrogen-bond donors (Lipinski definition) is 2. The summed E-state index contributed by atoms with van der Waals surface area (Å²) in [6.45, 7) is 4.48. The summed E-state index contributed by atoms with van der Waals surface area (Å²) in [6, 6.07) is -0.350. The van der Waals surface area contributed by atoms with Crippen LogP contribution in [0.2, 0.25) is 0 Å². The van der Waals surface area contributed by atoms with Gasteiger partial charge in [0, 0.05) is 5.75 Å². The Morgan fingerprint density at radius 2 is 2.21 bits per heavy atom. The van der Waals surface area contributed by atoms with Gasteiger partial charge < -0.3 is 5.11 Å². The predicted molar refractivity (Wildman–Crippen MR) is 57.4 cm³/mol. The lowest BCUT2D eigenvalue weighted by Crippen LogP contribution is -2.50. The van der Waals surface area contributed by atoms with Crippen LogP contribution in [0.25, 0.3) is 0 Å². The van der Waals surface area contributed by atoms with Gasteiger partial charge >= 0.3 is 5.97 Å². The Balaban J connectivity index is 2.16. The molecule has 1 saturated heterocycles. The molecule has 4 heteroatoms. The molecule has 0 bridgehead atoms. The minimum absolute atomic E-state index is 0.0239. The van der Waals surface area contributed by atoms with Crippen LogP contribution in [0, 0.1) is 5.41 Å². The van der Waals surface area contributed by atoms with Crippen molar-refractivity contribution in [2.45, 2.75) is 44.0 Å². The van der Waals surface area contributed by atoms with Gasteiger partial charge in [0.15, 0.2) is 0 Å². The number of thioether (sulfide) groups is 1. The first-order valence-corrected chi connectivity index (χ1v) is 6.10. The van der Waals surface area contributed by atoms with Crippen LogP contribution in [0.3, 0.4) is 0 Å². The van der Waals surface area contributed by atoms with Gasteiger partial charge in [0.2, 0.25) is 0 Å². The molecule has 14 heavy (non-hydrogen) atoms. The summed E-state index contributed by atoms with van der Waals surface area (Å²) in [4.78, 5) is 10.9. The molecular formula is C10H17NO2S. The Hall–Kier alpha value is -0.220. The van der Waals surface area contributed by atoms with Gasteiger partial charge in [0.1, 0.15) is 6.04 Å². The van der Waals surface area contributed by atoms with Gasteiger partial charge in [0.25, 0.3) is 0 Å². The number of nitrogens with one attached hydrogen (secondary N) is 1. The first kappa shape index (κ1) is 10.3. The second-order valence-corrected chi connectivity index (χ2v) is 6.23. The summed E-state index contributed by atoms with van der Waals surface area (Å²) < 4.78 is 0. The van der Waals surface area contributed by atoms with Crippen molar-refractivity contribution in [1.29, 1.82) is 0 Å². The molecule has 2 atom stereocenters. The molecular weight excluding hydrogens is 198 g/mol. The summed E-state index contributed by atoms with van der Waals surface area (Å²) in [5.74, 6) is -0.00394. The van der Waals surface area contributed by atoms with Crippen LogP contribution < -0.4 is 5.32 Å². The average molecular weight is 215 g/mol. The molecule has 2 N–H and O–H groups in total. The van der Waals surface area contributed by atoms with Crippen molar-refractivity contribution in [2.24, 2.45) is 5.41 Å². The summed E-state index contributed by atoms with van der Waals surface area (Å²) in [7, 11) is 0. The van der Waals surface area contributed by atoms with Crippen LogP contribution in [0.1, 0.15) is 33.1 Å². The van der Waals surface area contributed by atoms with Crippen molar-refractivity contribution in [3.63, 3.8) is 0 Å². The molecule has 1 spiro atoms. The number of carbonyl (C=O) groups is 1. The van der Waals surface area contributed by atoms with Crippen LogP contribution >= 0.6 is 11.8 Å². The SMILES string of the molecule is CC1(C)CCCC12NC(C(=O)O)CS2. The Labute approximate surface area is 88.6 Å². The quantitative estimate of drug-likeness (QED) is 0.699. The fourth-order valence-electron chi connectivity index (χ4n) is 2.58. The molecule has 3 nitrogen and oxygen atoms in total. The van der Waals surface area contributed by atoms with E-state index in [9.17, 15) is 4.79 Å². The lowest BCUT2D eigenvalue weighted by atomic mass is 9.86. The molecule has 1 saturated carbocycles. The van der Waals surface area contributed by atoms with Crippen molar-refractivity contribution >= 4 is 17.7 Å². The third-order valence-corrected chi connectivity index (χ3v) is 5.49. The lowest BCUT2D eigenvalue weighted by molar-refractivity contribution is -0.139. The summed E-state index contributed by atoms with van der Waals surface area (Å²) in [5.41, 5.74) is 0.224. The van der Waals surface area contributed by atoms with Crippen LogP contribution in [0.5, 0.6) is 0 Å². The molecule has 2 rings (SSSR count). The van der Waals surface area contributed by atoms with Crippen molar-refractivity contribution in [1.82, 2.24) is 5.32 Å². The molecule has 1 aliphatic carbocycles. The maximum Gasteiger partial charge on any atom is 0.321 e. The second kappa shape index (κ2) is 3.14. The van der Waals surface area contributed by atoms with Crippen LogP contribution in [-0.2, 0) is 4.79 Å². The Bertz CT molecular complexity index is 267. The largest absolute Gasteiger partial charge is 0.480 e. The van der Waals surface area contributed by atoms with Crippen molar-refractivity contribution in [3.05, 3.63) is 0 Å². The van der Waals surface area contributed by atoms with Crippen LogP contribution in [-0.4, -0.2) is 27.7 Å². The van der Waals surface area contributed by atoms with E-state index in [1.54, 1.807) is 11.8 Å². The molecule has 1 heterocycles. The van der Waals surface area contributed by atoms with E-state index in [-0.39, 0.29) is 16.3 Å². The molecule has 1 aliphatic heterocycles. The Morgan fingerprint density at radius 3 is 2.64 bits per heavy atom. The molecule has 80 valence electrons. The standard InChI is InChI=1S/C10H17NO2S/c1-9(2)4-3-5-10(9)11-7(6-14-10)8(12)13/h7,11H,3-6H2,1-2H3,(H,12,13). The number of hydrogen-bond acceptors (Lipinski definition) is 3. The predicted octanol–water partition coefficient (Wildman–Crippen LogP) is 1.68. The number of carboxylic acid groups (broad SMARTS) is 1. The van der Waals surface area contributed by atoms with Gasteiger partial charge in [-0.3, -0.25) is 10.1 Å². The number of carboxylic acids is 1. The van der Waals surface area contributed by atoms with Gasteiger partial charge in [-0.05, 0) is 18.3 Å². The third-order valence-electron chi connectivity index (χ3n) is 3.63. The van der Waals surface area contributed by atoms with E-state index >= 15 is 0 Å². The summed E-state index contributed by atoms with van der Waals surface area (Å²) >= 11 is 1.80.